The third-order valence-electron chi connectivity index (χ3n) is 3.10. The lowest BCUT2D eigenvalue weighted by Crippen LogP contribution is -2.17. The average Bonchev–Trinajstić information content (AvgIpc) is 2.85. The van der Waals surface area contributed by atoms with Gasteiger partial charge >= 0.3 is 0 Å². The number of thiazole rings is 1. The van der Waals surface area contributed by atoms with Crippen LogP contribution in [0.4, 0.5) is 11.4 Å². The Morgan fingerprint density at radius 2 is 1.88 bits per heavy atom. The lowest BCUT2D eigenvalue weighted by atomic mass is 10.2. The lowest BCUT2D eigenvalue weighted by molar-refractivity contribution is -0.120. The second-order valence-corrected chi connectivity index (χ2v) is 6.61. The van der Waals surface area contributed by atoms with E-state index < -0.39 is 0 Å². The molecule has 132 valence electrons. The summed E-state index contributed by atoms with van der Waals surface area (Å²) in [5, 5.41) is 10.3. The summed E-state index contributed by atoms with van der Waals surface area (Å²) >= 11 is 1.53. The van der Waals surface area contributed by atoms with Crippen molar-refractivity contribution in [1.29, 1.82) is 0 Å². The van der Waals surface area contributed by atoms with Crippen LogP contribution in [-0.2, 0) is 14.4 Å². The minimum absolute atomic E-state index is 0.176. The van der Waals surface area contributed by atoms with E-state index in [0.717, 1.165) is 15.6 Å². The SMILES string of the molecule is CC(=O)Nc1cccc(NC(=O)CON=C(C)c2sc(C)nc2C)c1. The molecule has 2 rings (SSSR count). The van der Waals surface area contributed by atoms with Crippen LogP contribution in [0.1, 0.15) is 29.4 Å². The fourth-order valence-electron chi connectivity index (χ4n) is 2.17. The van der Waals surface area contributed by atoms with E-state index in [1.165, 1.54) is 18.3 Å². The van der Waals surface area contributed by atoms with Gasteiger partial charge in [0.05, 0.1) is 21.3 Å². The van der Waals surface area contributed by atoms with Gasteiger partial charge in [-0.15, -0.1) is 11.3 Å². The molecule has 0 unspecified atom stereocenters. The van der Waals surface area contributed by atoms with Crippen molar-refractivity contribution >= 4 is 40.2 Å². The molecule has 25 heavy (non-hydrogen) atoms. The van der Waals surface area contributed by atoms with Crippen LogP contribution in [0.3, 0.4) is 0 Å². The normalized spacial score (nSPS) is 11.1. The van der Waals surface area contributed by atoms with Gasteiger partial charge in [-0.05, 0) is 39.0 Å². The topological polar surface area (TPSA) is 92.7 Å². The molecule has 7 nitrogen and oxygen atoms in total. The monoisotopic (exact) mass is 360 g/mol. The summed E-state index contributed by atoms with van der Waals surface area (Å²) in [5.74, 6) is -0.515. The quantitative estimate of drug-likeness (QED) is 0.611. The van der Waals surface area contributed by atoms with Gasteiger partial charge in [-0.25, -0.2) is 4.98 Å². The van der Waals surface area contributed by atoms with E-state index in [2.05, 4.69) is 20.8 Å². The first-order chi connectivity index (χ1) is 11.8. The van der Waals surface area contributed by atoms with E-state index in [9.17, 15) is 9.59 Å². The molecule has 0 aliphatic rings. The number of oxime groups is 1. The number of anilines is 2. The summed E-state index contributed by atoms with van der Waals surface area (Å²) in [7, 11) is 0. The highest BCUT2D eigenvalue weighted by Crippen LogP contribution is 2.18. The number of carbonyl (C=O) groups excluding carboxylic acids is 2. The number of amides is 2. The number of aryl methyl sites for hydroxylation is 2. The highest BCUT2D eigenvalue weighted by molar-refractivity contribution is 7.13. The Labute approximate surface area is 150 Å². The molecule has 1 aromatic carbocycles. The summed E-state index contributed by atoms with van der Waals surface area (Å²) in [6.07, 6.45) is 0. The Kier molecular flexibility index (Phi) is 6.24. The van der Waals surface area contributed by atoms with Crippen LogP contribution in [-0.4, -0.2) is 29.1 Å². The predicted molar refractivity (Wildman–Crippen MR) is 99.1 cm³/mol. The first kappa shape index (κ1) is 18.6. The molecule has 2 aromatic rings. The summed E-state index contributed by atoms with van der Waals surface area (Å²) in [5.41, 5.74) is 2.75. The van der Waals surface area contributed by atoms with Gasteiger partial charge in [0.25, 0.3) is 5.91 Å². The van der Waals surface area contributed by atoms with Crippen molar-refractivity contribution in [3.8, 4) is 0 Å². The van der Waals surface area contributed by atoms with Crippen molar-refractivity contribution in [2.45, 2.75) is 27.7 Å². The van der Waals surface area contributed by atoms with Crippen LogP contribution < -0.4 is 10.6 Å². The minimum Gasteiger partial charge on any atom is -0.385 e. The van der Waals surface area contributed by atoms with Crippen molar-refractivity contribution < 1.29 is 14.4 Å². The van der Waals surface area contributed by atoms with Crippen molar-refractivity contribution in [3.63, 3.8) is 0 Å². The predicted octanol–water partition coefficient (Wildman–Crippen LogP) is 3.10. The minimum atomic E-state index is -0.339. The fourth-order valence-corrected chi connectivity index (χ4v) is 3.03. The first-order valence-corrected chi connectivity index (χ1v) is 8.45. The summed E-state index contributed by atoms with van der Waals surface area (Å²) in [4.78, 5) is 33.4. The molecular formula is C17H20N4O3S. The number of hydrogen-bond donors (Lipinski definition) is 2. The van der Waals surface area contributed by atoms with Gasteiger partial charge in [-0.2, -0.15) is 0 Å². The number of nitrogens with one attached hydrogen (secondary N) is 2. The van der Waals surface area contributed by atoms with Crippen LogP contribution in [0.5, 0.6) is 0 Å². The molecule has 0 bridgehead atoms. The third-order valence-corrected chi connectivity index (χ3v) is 4.28. The van der Waals surface area contributed by atoms with Crippen molar-refractivity contribution in [2.24, 2.45) is 5.16 Å². The van der Waals surface area contributed by atoms with Gasteiger partial charge in [-0.1, -0.05) is 11.2 Å². The third kappa shape index (κ3) is 5.68. The Morgan fingerprint density at radius 3 is 2.48 bits per heavy atom. The van der Waals surface area contributed by atoms with Crippen molar-refractivity contribution in [3.05, 3.63) is 39.8 Å². The van der Waals surface area contributed by atoms with Crippen LogP contribution >= 0.6 is 11.3 Å². The molecule has 0 aliphatic carbocycles. The molecule has 0 spiro atoms. The van der Waals surface area contributed by atoms with Gasteiger partial charge in [-0.3, -0.25) is 9.59 Å². The number of hydrogen-bond acceptors (Lipinski definition) is 6. The van der Waals surface area contributed by atoms with E-state index in [1.807, 2.05) is 20.8 Å². The van der Waals surface area contributed by atoms with Crippen LogP contribution in [0.2, 0.25) is 0 Å². The number of nitrogens with zero attached hydrogens (tertiary/aromatic N) is 2. The average molecular weight is 360 g/mol. The molecule has 0 fully saturated rings. The number of benzene rings is 1. The molecule has 2 amide bonds. The Morgan fingerprint density at radius 1 is 1.20 bits per heavy atom. The van der Waals surface area contributed by atoms with E-state index in [4.69, 9.17) is 4.84 Å². The standard InChI is InChI=1S/C17H20N4O3S/c1-10-17(25-13(4)18-10)11(2)21-24-9-16(23)20-15-7-5-6-14(8-15)19-12(3)22/h5-8H,9H2,1-4H3,(H,19,22)(H,20,23). The number of carbonyl (C=O) groups is 2. The maximum atomic E-state index is 11.9. The van der Waals surface area contributed by atoms with Crippen LogP contribution in [0.25, 0.3) is 0 Å². The zero-order valence-corrected chi connectivity index (χ0v) is 15.4. The molecule has 2 N–H and O–H groups in total. The summed E-state index contributed by atoms with van der Waals surface area (Å²) in [6.45, 7) is 6.86. The Bertz CT molecular complexity index is 814. The molecule has 0 saturated carbocycles. The van der Waals surface area contributed by atoms with Gasteiger partial charge < -0.3 is 15.5 Å². The second kappa shape index (κ2) is 8.39. The van der Waals surface area contributed by atoms with Gasteiger partial charge in [0.15, 0.2) is 6.61 Å². The van der Waals surface area contributed by atoms with E-state index in [1.54, 1.807) is 24.3 Å². The number of aromatic nitrogens is 1. The maximum Gasteiger partial charge on any atom is 0.265 e. The first-order valence-electron chi connectivity index (χ1n) is 7.63. The molecule has 8 heteroatoms. The van der Waals surface area contributed by atoms with Gasteiger partial charge in [0.1, 0.15) is 0 Å². The molecule has 1 aromatic heterocycles. The van der Waals surface area contributed by atoms with Gasteiger partial charge in [0.2, 0.25) is 5.91 Å². The largest absolute Gasteiger partial charge is 0.385 e. The lowest BCUT2D eigenvalue weighted by Gasteiger charge is -2.07. The van der Waals surface area contributed by atoms with E-state index in [0.29, 0.717) is 17.1 Å². The molecule has 0 atom stereocenters. The Balaban J connectivity index is 1.89. The van der Waals surface area contributed by atoms with Crippen LogP contribution in [0, 0.1) is 13.8 Å². The second-order valence-electron chi connectivity index (χ2n) is 5.41. The number of rotatable bonds is 6. The molecular weight excluding hydrogens is 340 g/mol. The molecule has 1 heterocycles. The van der Waals surface area contributed by atoms with Crippen LogP contribution in [0.15, 0.2) is 29.4 Å². The molecule has 0 radical (unpaired) electrons. The van der Waals surface area contributed by atoms with Crippen molar-refractivity contribution in [2.75, 3.05) is 17.2 Å². The molecule has 0 aliphatic heterocycles. The fraction of sp³-hybridized carbons (Fsp3) is 0.294. The zero-order valence-electron chi connectivity index (χ0n) is 14.5. The maximum absolute atomic E-state index is 11.9. The van der Waals surface area contributed by atoms with Crippen molar-refractivity contribution in [1.82, 2.24) is 4.98 Å². The van der Waals surface area contributed by atoms with E-state index in [-0.39, 0.29) is 18.4 Å². The summed E-state index contributed by atoms with van der Waals surface area (Å²) in [6, 6.07) is 6.86. The Hall–Kier alpha value is -2.74. The highest BCUT2D eigenvalue weighted by Gasteiger charge is 2.09. The highest BCUT2D eigenvalue weighted by atomic mass is 32.1. The zero-order chi connectivity index (χ0) is 18.4. The smallest absolute Gasteiger partial charge is 0.265 e. The molecule has 0 saturated heterocycles. The van der Waals surface area contributed by atoms with Gasteiger partial charge in [0, 0.05) is 18.3 Å². The summed E-state index contributed by atoms with van der Waals surface area (Å²) < 4.78 is 0. The van der Waals surface area contributed by atoms with E-state index >= 15 is 0 Å².